The van der Waals surface area contributed by atoms with Crippen molar-refractivity contribution in [3.8, 4) is 5.75 Å². The Morgan fingerprint density at radius 2 is 2.16 bits per heavy atom. The van der Waals surface area contributed by atoms with Gasteiger partial charge in [-0.05, 0) is 55.6 Å². The van der Waals surface area contributed by atoms with Crippen LogP contribution in [-0.2, 0) is 23.0 Å². The zero-order valence-corrected chi connectivity index (χ0v) is 14.4. The van der Waals surface area contributed by atoms with Crippen LogP contribution in [-0.4, -0.2) is 37.1 Å². The smallest absolute Gasteiger partial charge is 0.294 e. The zero-order chi connectivity index (χ0) is 17.9. The van der Waals surface area contributed by atoms with E-state index in [1.807, 2.05) is 0 Å². The van der Waals surface area contributed by atoms with Gasteiger partial charge in [0.05, 0.1) is 4.90 Å². The van der Waals surface area contributed by atoms with Crippen molar-refractivity contribution in [2.24, 2.45) is 0 Å². The molecule has 1 aliphatic rings. The second kappa shape index (κ2) is 7.38. The fourth-order valence-corrected chi connectivity index (χ4v) is 3.40. The van der Waals surface area contributed by atoms with Gasteiger partial charge in [0.25, 0.3) is 15.7 Å². The maximum atomic E-state index is 11.6. The summed E-state index contributed by atoms with van der Waals surface area (Å²) in [6.07, 6.45) is 3.67. The monoisotopic (exact) mass is 364 g/mol. The molecule has 0 bridgehead atoms. The van der Waals surface area contributed by atoms with Crippen LogP contribution >= 0.6 is 0 Å². The molecule has 1 atom stereocenters. The third-order valence-electron chi connectivity index (χ3n) is 4.20. The molecule has 25 heavy (non-hydrogen) atoms. The number of aromatic amines is 1. The van der Waals surface area contributed by atoms with Gasteiger partial charge in [0.2, 0.25) is 0 Å². The molecule has 1 aromatic carbocycles. The third-order valence-corrected chi connectivity index (χ3v) is 5.05. The molecule has 3 N–H and O–H groups in total. The Morgan fingerprint density at radius 1 is 1.32 bits per heavy atom. The first kappa shape index (κ1) is 17.7. The van der Waals surface area contributed by atoms with E-state index in [0.717, 1.165) is 17.5 Å². The molecule has 1 aliphatic heterocycles. The Hall–Kier alpha value is -2.16. The number of fused-ring (bicyclic) bond motifs is 1. The summed E-state index contributed by atoms with van der Waals surface area (Å²) in [5.74, 6) is 0.643. The second-order valence-corrected chi connectivity index (χ2v) is 7.42. The fourth-order valence-electron chi connectivity index (χ4n) is 2.86. The zero-order valence-electron chi connectivity index (χ0n) is 13.6. The molecule has 0 spiro atoms. The first-order valence-electron chi connectivity index (χ1n) is 8.08. The molecule has 1 aromatic heterocycles. The predicted octanol–water partition coefficient (Wildman–Crippen LogP) is 1.15. The molecule has 0 radical (unpaired) electrons. The minimum Gasteiger partial charge on any atom is -0.489 e. The van der Waals surface area contributed by atoms with Crippen molar-refractivity contribution in [2.75, 3.05) is 13.1 Å². The van der Waals surface area contributed by atoms with Gasteiger partial charge in [0.1, 0.15) is 11.9 Å². The van der Waals surface area contributed by atoms with Crippen molar-refractivity contribution in [3.05, 3.63) is 58.0 Å². The van der Waals surface area contributed by atoms with Gasteiger partial charge in [-0.2, -0.15) is 8.42 Å². The lowest BCUT2D eigenvalue weighted by atomic mass is 10.0. The van der Waals surface area contributed by atoms with Crippen LogP contribution in [0.15, 0.2) is 46.2 Å². The molecule has 0 amide bonds. The summed E-state index contributed by atoms with van der Waals surface area (Å²) in [4.78, 5) is 14.1. The average molecular weight is 364 g/mol. The van der Waals surface area contributed by atoms with E-state index in [0.29, 0.717) is 31.7 Å². The van der Waals surface area contributed by atoms with E-state index in [1.54, 1.807) is 24.4 Å². The van der Waals surface area contributed by atoms with Crippen molar-refractivity contribution in [2.45, 2.75) is 30.3 Å². The van der Waals surface area contributed by atoms with Crippen molar-refractivity contribution < 1.29 is 17.7 Å². The van der Waals surface area contributed by atoms with E-state index in [2.05, 4.69) is 10.3 Å². The molecule has 0 aliphatic carbocycles. The van der Waals surface area contributed by atoms with Crippen LogP contribution in [0.1, 0.15) is 17.5 Å². The number of aryl methyl sites for hydroxylation is 1. The highest BCUT2D eigenvalue weighted by molar-refractivity contribution is 7.85. The third kappa shape index (κ3) is 4.47. The van der Waals surface area contributed by atoms with Crippen LogP contribution in [0.4, 0.5) is 0 Å². The van der Waals surface area contributed by atoms with Gasteiger partial charge in [0.15, 0.2) is 0 Å². The number of nitrogens with one attached hydrogen (secondary N) is 2. The number of pyridine rings is 1. The number of ether oxygens (including phenoxy) is 1. The lowest BCUT2D eigenvalue weighted by Gasteiger charge is -2.26. The van der Waals surface area contributed by atoms with E-state index < -0.39 is 10.1 Å². The molecule has 3 rings (SSSR count). The van der Waals surface area contributed by atoms with Crippen LogP contribution in [0, 0.1) is 0 Å². The second-order valence-electron chi connectivity index (χ2n) is 6.00. The molecule has 7 nitrogen and oxygen atoms in total. The van der Waals surface area contributed by atoms with Crippen LogP contribution in [0.5, 0.6) is 5.75 Å². The SMILES string of the molecule is O=c1[nH]cccc1CCNC[C@H]1CCc2cc(S(=O)(=O)O)ccc2O1. The fraction of sp³-hybridized carbons (Fsp3) is 0.353. The molecule has 0 saturated carbocycles. The minimum absolute atomic E-state index is 0.0156. The quantitative estimate of drug-likeness (QED) is 0.524. The molecular weight excluding hydrogens is 344 g/mol. The molecular formula is C17H20N2O5S. The van der Waals surface area contributed by atoms with Crippen molar-refractivity contribution in [3.63, 3.8) is 0 Å². The summed E-state index contributed by atoms with van der Waals surface area (Å²) in [5.41, 5.74) is 1.45. The lowest BCUT2D eigenvalue weighted by molar-refractivity contribution is 0.170. The average Bonchev–Trinajstić information content (AvgIpc) is 2.59. The van der Waals surface area contributed by atoms with Crippen molar-refractivity contribution >= 4 is 10.1 Å². The van der Waals surface area contributed by atoms with Gasteiger partial charge >= 0.3 is 0 Å². The highest BCUT2D eigenvalue weighted by Gasteiger charge is 2.21. The minimum atomic E-state index is -4.19. The van der Waals surface area contributed by atoms with E-state index in [4.69, 9.17) is 9.29 Å². The van der Waals surface area contributed by atoms with Gasteiger partial charge in [-0.15, -0.1) is 0 Å². The summed E-state index contributed by atoms with van der Waals surface area (Å²) in [6.45, 7) is 1.31. The van der Waals surface area contributed by atoms with Gasteiger partial charge in [-0.3, -0.25) is 9.35 Å². The molecule has 134 valence electrons. The summed E-state index contributed by atoms with van der Waals surface area (Å²) >= 11 is 0. The Kier molecular flexibility index (Phi) is 5.22. The van der Waals surface area contributed by atoms with Gasteiger partial charge in [-0.1, -0.05) is 6.07 Å². The lowest BCUT2D eigenvalue weighted by Crippen LogP contribution is -2.35. The molecule has 0 unspecified atom stereocenters. The number of benzene rings is 1. The van der Waals surface area contributed by atoms with E-state index in [-0.39, 0.29) is 16.6 Å². The van der Waals surface area contributed by atoms with Crippen molar-refractivity contribution in [1.82, 2.24) is 10.3 Å². The predicted molar refractivity (Wildman–Crippen MR) is 92.6 cm³/mol. The van der Waals surface area contributed by atoms with E-state index in [1.165, 1.54) is 12.1 Å². The Bertz CT molecular complexity index is 907. The summed E-state index contributed by atoms with van der Waals surface area (Å²) in [7, 11) is -4.19. The maximum Gasteiger partial charge on any atom is 0.294 e. The Labute approximate surface area is 145 Å². The van der Waals surface area contributed by atoms with Crippen LogP contribution in [0.2, 0.25) is 0 Å². The molecule has 0 saturated heterocycles. The Balaban J connectivity index is 1.52. The van der Waals surface area contributed by atoms with Crippen LogP contribution in [0.25, 0.3) is 0 Å². The molecule has 2 aromatic rings. The van der Waals surface area contributed by atoms with Gasteiger partial charge in [0, 0.05) is 18.3 Å². The highest BCUT2D eigenvalue weighted by atomic mass is 32.2. The Morgan fingerprint density at radius 3 is 2.92 bits per heavy atom. The topological polar surface area (TPSA) is 108 Å². The summed E-state index contributed by atoms with van der Waals surface area (Å²) < 4.78 is 37.3. The molecule has 8 heteroatoms. The molecule has 0 fully saturated rings. The van der Waals surface area contributed by atoms with Crippen LogP contribution in [0.3, 0.4) is 0 Å². The summed E-state index contributed by atoms with van der Waals surface area (Å²) in [5, 5.41) is 3.28. The van der Waals surface area contributed by atoms with Gasteiger partial charge in [-0.25, -0.2) is 0 Å². The first-order chi connectivity index (χ1) is 11.9. The maximum absolute atomic E-state index is 11.6. The largest absolute Gasteiger partial charge is 0.489 e. The number of hydrogen-bond acceptors (Lipinski definition) is 5. The number of hydrogen-bond donors (Lipinski definition) is 3. The normalized spacial score (nSPS) is 16.9. The van der Waals surface area contributed by atoms with E-state index >= 15 is 0 Å². The standard InChI is InChI=1S/C17H20N2O5S/c20-17-12(2-1-8-19-17)7-9-18-11-14-4-3-13-10-15(25(21,22)23)5-6-16(13)24-14/h1-2,5-6,8,10,14,18H,3-4,7,9,11H2,(H,19,20)(H,21,22,23)/t14-/m1/s1. The summed E-state index contributed by atoms with van der Waals surface area (Å²) in [6, 6.07) is 7.98. The van der Waals surface area contributed by atoms with Gasteiger partial charge < -0.3 is 15.0 Å². The molecule has 2 heterocycles. The number of H-pyrrole nitrogens is 1. The number of rotatable bonds is 6. The van der Waals surface area contributed by atoms with E-state index in [9.17, 15) is 13.2 Å². The number of aromatic nitrogens is 1. The van der Waals surface area contributed by atoms with Crippen LogP contribution < -0.4 is 15.6 Å². The highest BCUT2D eigenvalue weighted by Crippen LogP contribution is 2.29. The van der Waals surface area contributed by atoms with Crippen molar-refractivity contribution in [1.29, 1.82) is 0 Å². The first-order valence-corrected chi connectivity index (χ1v) is 9.52.